The van der Waals surface area contributed by atoms with E-state index in [0.29, 0.717) is 5.75 Å². The van der Waals surface area contributed by atoms with E-state index in [0.717, 1.165) is 11.1 Å². The van der Waals surface area contributed by atoms with Gasteiger partial charge in [0.2, 0.25) is 0 Å². The molecule has 1 atom stereocenters. The van der Waals surface area contributed by atoms with Crippen LogP contribution >= 0.6 is 0 Å². The van der Waals surface area contributed by atoms with Crippen molar-refractivity contribution in [3.63, 3.8) is 0 Å². The Balaban J connectivity index is 1.97. The molecule has 0 fully saturated rings. The molecule has 6 heteroatoms. The van der Waals surface area contributed by atoms with Crippen LogP contribution in [-0.2, 0) is 10.3 Å². The molecule has 0 spiro atoms. The third-order valence-electron chi connectivity index (χ3n) is 4.58. The highest BCUT2D eigenvalue weighted by Crippen LogP contribution is 2.35. The maximum atomic E-state index is 12.8. The third-order valence-corrected chi connectivity index (χ3v) is 4.58. The van der Waals surface area contributed by atoms with E-state index in [1.807, 2.05) is 49.4 Å². The highest BCUT2D eigenvalue weighted by Gasteiger charge is 2.33. The summed E-state index contributed by atoms with van der Waals surface area (Å²) in [4.78, 5) is 23.1. The van der Waals surface area contributed by atoms with Crippen molar-refractivity contribution >= 4 is 11.7 Å². The first-order chi connectivity index (χ1) is 13.4. The van der Waals surface area contributed by atoms with Crippen molar-refractivity contribution < 1.29 is 19.2 Å². The molecule has 1 unspecified atom stereocenters. The van der Waals surface area contributed by atoms with Gasteiger partial charge in [0.15, 0.2) is 5.60 Å². The summed E-state index contributed by atoms with van der Waals surface area (Å²) in [7, 11) is 1.58. The van der Waals surface area contributed by atoms with Crippen molar-refractivity contribution in [2.75, 3.05) is 7.11 Å². The number of nitro groups is 1. The summed E-state index contributed by atoms with van der Waals surface area (Å²) < 4.78 is 11.1. The van der Waals surface area contributed by atoms with Gasteiger partial charge in [-0.15, -0.1) is 0 Å². The minimum absolute atomic E-state index is 0.0856. The molecule has 3 rings (SSSR count). The Hall–Kier alpha value is -3.67. The summed E-state index contributed by atoms with van der Waals surface area (Å²) in [5.41, 5.74) is 0.677. The number of ether oxygens (including phenoxy) is 2. The molecule has 0 N–H and O–H groups in total. The van der Waals surface area contributed by atoms with Gasteiger partial charge in [-0.1, -0.05) is 42.5 Å². The van der Waals surface area contributed by atoms with Gasteiger partial charge in [-0.05, 0) is 36.8 Å². The highest BCUT2D eigenvalue weighted by molar-refractivity contribution is 5.90. The summed E-state index contributed by atoms with van der Waals surface area (Å²) in [6, 6.07) is 22.0. The second-order valence-electron chi connectivity index (χ2n) is 6.32. The molecule has 0 amide bonds. The lowest BCUT2D eigenvalue weighted by atomic mass is 9.87. The van der Waals surface area contributed by atoms with E-state index in [1.165, 1.54) is 24.3 Å². The number of hydrogen-bond donors (Lipinski definition) is 0. The monoisotopic (exact) mass is 377 g/mol. The second-order valence-corrected chi connectivity index (χ2v) is 6.32. The summed E-state index contributed by atoms with van der Waals surface area (Å²) in [6.07, 6.45) is 0. The van der Waals surface area contributed by atoms with Crippen molar-refractivity contribution in [2.24, 2.45) is 0 Å². The van der Waals surface area contributed by atoms with Crippen LogP contribution in [0.15, 0.2) is 78.9 Å². The lowest BCUT2D eigenvalue weighted by Gasteiger charge is -2.31. The van der Waals surface area contributed by atoms with Crippen LogP contribution in [0.4, 0.5) is 5.69 Å². The van der Waals surface area contributed by atoms with Crippen molar-refractivity contribution in [3.8, 4) is 5.75 Å². The van der Waals surface area contributed by atoms with Crippen molar-refractivity contribution in [2.45, 2.75) is 12.5 Å². The molecule has 142 valence electrons. The van der Waals surface area contributed by atoms with Crippen LogP contribution in [0.3, 0.4) is 0 Å². The maximum Gasteiger partial charge on any atom is 0.339 e. The molecule has 0 aliphatic rings. The summed E-state index contributed by atoms with van der Waals surface area (Å²) >= 11 is 0. The molecule has 0 saturated carbocycles. The van der Waals surface area contributed by atoms with Gasteiger partial charge < -0.3 is 9.47 Å². The van der Waals surface area contributed by atoms with E-state index in [1.54, 1.807) is 19.2 Å². The zero-order chi connectivity index (χ0) is 20.1. The molecule has 0 bridgehead atoms. The molecule has 0 radical (unpaired) electrons. The Morgan fingerprint density at radius 1 is 0.893 bits per heavy atom. The molecule has 0 aromatic heterocycles. The second kappa shape index (κ2) is 7.92. The SMILES string of the molecule is COc1ccc(C(C)(OC(=O)c2ccc([N+](=O)[O-])cc2)c2ccccc2)cc1. The number of non-ortho nitro benzene ring substituents is 1. The smallest absolute Gasteiger partial charge is 0.339 e. The van der Waals surface area contributed by atoms with E-state index in [-0.39, 0.29) is 11.3 Å². The van der Waals surface area contributed by atoms with Gasteiger partial charge >= 0.3 is 5.97 Å². The van der Waals surface area contributed by atoms with Gasteiger partial charge in [0.1, 0.15) is 5.75 Å². The summed E-state index contributed by atoms with van der Waals surface area (Å²) in [5.74, 6) is 0.123. The van der Waals surface area contributed by atoms with E-state index in [2.05, 4.69) is 0 Å². The average molecular weight is 377 g/mol. The predicted molar refractivity (Wildman–Crippen MR) is 104 cm³/mol. The fourth-order valence-electron chi connectivity index (χ4n) is 2.91. The Labute approximate surface area is 162 Å². The van der Waals surface area contributed by atoms with E-state index >= 15 is 0 Å². The minimum atomic E-state index is -1.05. The first kappa shape index (κ1) is 19.1. The number of hydrogen-bond acceptors (Lipinski definition) is 5. The van der Waals surface area contributed by atoms with Crippen LogP contribution in [0.25, 0.3) is 0 Å². The number of carbonyl (C=O) groups is 1. The molecule has 6 nitrogen and oxygen atoms in total. The lowest BCUT2D eigenvalue weighted by Crippen LogP contribution is -2.30. The maximum absolute atomic E-state index is 12.8. The summed E-state index contributed by atoms with van der Waals surface area (Å²) in [6.45, 7) is 1.81. The first-order valence-corrected chi connectivity index (χ1v) is 8.62. The Morgan fingerprint density at radius 3 is 2.00 bits per heavy atom. The number of benzene rings is 3. The quantitative estimate of drug-likeness (QED) is 0.353. The van der Waals surface area contributed by atoms with Crippen LogP contribution in [0.5, 0.6) is 5.75 Å². The van der Waals surface area contributed by atoms with Gasteiger partial charge in [0.05, 0.1) is 17.6 Å². The lowest BCUT2D eigenvalue weighted by molar-refractivity contribution is -0.384. The molecule has 0 aliphatic heterocycles. The van der Waals surface area contributed by atoms with E-state index in [4.69, 9.17) is 9.47 Å². The van der Waals surface area contributed by atoms with Gasteiger partial charge in [-0.3, -0.25) is 10.1 Å². The Morgan fingerprint density at radius 2 is 1.46 bits per heavy atom. The number of rotatable bonds is 6. The number of nitro benzene ring substituents is 1. The highest BCUT2D eigenvalue weighted by atomic mass is 16.6. The van der Waals surface area contributed by atoms with Gasteiger partial charge in [-0.25, -0.2) is 4.79 Å². The van der Waals surface area contributed by atoms with Crippen LogP contribution in [0.2, 0.25) is 0 Å². The fraction of sp³-hybridized carbons (Fsp3) is 0.136. The van der Waals surface area contributed by atoms with Crippen LogP contribution in [0.1, 0.15) is 28.4 Å². The molecule has 0 saturated heterocycles. The van der Waals surface area contributed by atoms with E-state index in [9.17, 15) is 14.9 Å². The Bertz CT molecular complexity index is 968. The molecular formula is C22H19NO5. The van der Waals surface area contributed by atoms with Crippen molar-refractivity contribution in [1.82, 2.24) is 0 Å². The molecule has 3 aromatic carbocycles. The molecule has 0 heterocycles. The van der Waals surface area contributed by atoms with Crippen LogP contribution < -0.4 is 4.74 Å². The standard InChI is InChI=1S/C22H19NO5/c1-22(17-6-4-3-5-7-17,18-10-14-20(27-2)15-11-18)28-21(24)16-8-12-19(13-9-16)23(25)26/h3-15H,1-2H3. The van der Waals surface area contributed by atoms with Gasteiger partial charge in [-0.2, -0.15) is 0 Å². The van der Waals surface area contributed by atoms with Crippen molar-refractivity contribution in [1.29, 1.82) is 0 Å². The third kappa shape index (κ3) is 3.86. The van der Waals surface area contributed by atoms with Crippen LogP contribution in [-0.4, -0.2) is 18.0 Å². The predicted octanol–water partition coefficient (Wildman–Crippen LogP) is 4.72. The number of esters is 1. The largest absolute Gasteiger partial charge is 0.497 e. The van der Waals surface area contributed by atoms with Crippen LogP contribution in [0, 0.1) is 10.1 Å². The minimum Gasteiger partial charge on any atom is -0.497 e. The average Bonchev–Trinajstić information content (AvgIpc) is 2.74. The van der Waals surface area contributed by atoms with Gasteiger partial charge in [0, 0.05) is 17.7 Å². The number of methoxy groups -OCH3 is 1. The topological polar surface area (TPSA) is 78.7 Å². The number of carbonyl (C=O) groups excluding carboxylic acids is 1. The zero-order valence-electron chi connectivity index (χ0n) is 15.5. The molecule has 3 aromatic rings. The van der Waals surface area contributed by atoms with Gasteiger partial charge in [0.25, 0.3) is 5.69 Å². The van der Waals surface area contributed by atoms with E-state index < -0.39 is 16.5 Å². The zero-order valence-corrected chi connectivity index (χ0v) is 15.5. The normalized spacial score (nSPS) is 12.6. The molecule has 0 aliphatic carbocycles. The van der Waals surface area contributed by atoms with Crippen molar-refractivity contribution in [3.05, 3.63) is 106 Å². The first-order valence-electron chi connectivity index (χ1n) is 8.62. The molecular weight excluding hydrogens is 358 g/mol. The number of nitrogens with zero attached hydrogens (tertiary/aromatic N) is 1. The summed E-state index contributed by atoms with van der Waals surface area (Å²) in [5, 5.41) is 10.8. The Kier molecular flexibility index (Phi) is 5.40. The fourth-order valence-corrected chi connectivity index (χ4v) is 2.91. The molecule has 28 heavy (non-hydrogen) atoms.